The van der Waals surface area contributed by atoms with Crippen molar-refractivity contribution < 1.29 is 13.2 Å². The van der Waals surface area contributed by atoms with Crippen molar-refractivity contribution >= 4 is 0 Å². The third-order valence-electron chi connectivity index (χ3n) is 2.32. The van der Waals surface area contributed by atoms with Crippen molar-refractivity contribution in [3.8, 4) is 0 Å². The Morgan fingerprint density at radius 1 is 0.824 bits per heavy atom. The summed E-state index contributed by atoms with van der Waals surface area (Å²) in [6.07, 6.45) is -4.05. The molecule has 1 fully saturated rings. The van der Waals surface area contributed by atoms with Gasteiger partial charge >= 0.3 is 6.18 Å². The second-order valence-electron chi connectivity index (χ2n) is 3.33. The molecule has 2 nitrogen and oxygen atoms in total. The first-order chi connectivity index (χ1) is 8.01. The fraction of sp³-hybridized carbons (Fsp3) is 1.00. The molecule has 0 radical (unpaired) electrons. The highest BCUT2D eigenvalue weighted by molar-refractivity contribution is 4.72. The minimum Gasteiger partial charge on any atom is -0.301 e. The van der Waals surface area contributed by atoms with Crippen molar-refractivity contribution in [2.24, 2.45) is 0 Å². The van der Waals surface area contributed by atoms with E-state index in [-0.39, 0.29) is 0 Å². The molecular weight excluding hydrogens is 229 g/mol. The van der Waals surface area contributed by atoms with Gasteiger partial charge in [-0.2, -0.15) is 13.2 Å². The molecule has 0 aromatic heterocycles. The summed E-state index contributed by atoms with van der Waals surface area (Å²) >= 11 is 0. The van der Waals surface area contributed by atoms with Crippen molar-refractivity contribution in [3.05, 3.63) is 0 Å². The monoisotopic (exact) mass is 256 g/mol. The zero-order chi connectivity index (χ0) is 13.9. The molecule has 1 saturated heterocycles. The first kappa shape index (κ1) is 19.1. The molecule has 0 bridgehead atoms. The summed E-state index contributed by atoms with van der Waals surface area (Å²) < 4.78 is 35.9. The molecular formula is C12H27F3N2. The SMILES string of the molecule is CC.CC.CCN1CCN(CC(F)(F)F)CC1. The number of rotatable bonds is 2. The summed E-state index contributed by atoms with van der Waals surface area (Å²) in [5.74, 6) is 0. The van der Waals surface area contributed by atoms with E-state index in [1.807, 2.05) is 34.6 Å². The lowest BCUT2D eigenvalue weighted by Crippen LogP contribution is -2.48. The molecule has 5 heteroatoms. The van der Waals surface area contributed by atoms with Crippen LogP contribution in [0.4, 0.5) is 13.2 Å². The van der Waals surface area contributed by atoms with Gasteiger partial charge in [-0.25, -0.2) is 0 Å². The predicted molar refractivity (Wildman–Crippen MR) is 67.3 cm³/mol. The number of hydrogen-bond donors (Lipinski definition) is 0. The van der Waals surface area contributed by atoms with Crippen LogP contribution in [-0.2, 0) is 0 Å². The lowest BCUT2D eigenvalue weighted by molar-refractivity contribution is -0.149. The van der Waals surface area contributed by atoms with E-state index in [0.29, 0.717) is 13.1 Å². The number of halogens is 3. The van der Waals surface area contributed by atoms with Crippen LogP contribution in [0.1, 0.15) is 34.6 Å². The lowest BCUT2D eigenvalue weighted by Gasteiger charge is -2.34. The molecule has 1 aliphatic rings. The Kier molecular flexibility index (Phi) is 12.2. The van der Waals surface area contributed by atoms with Crippen LogP contribution in [0.2, 0.25) is 0 Å². The van der Waals surface area contributed by atoms with Gasteiger partial charge in [0.2, 0.25) is 0 Å². The van der Waals surface area contributed by atoms with Crippen LogP contribution in [0.15, 0.2) is 0 Å². The van der Waals surface area contributed by atoms with Gasteiger partial charge in [-0.15, -0.1) is 0 Å². The van der Waals surface area contributed by atoms with E-state index in [1.54, 1.807) is 0 Å². The molecule has 0 aromatic carbocycles. The molecule has 0 aliphatic carbocycles. The normalized spacial score (nSPS) is 17.6. The highest BCUT2D eigenvalue weighted by Crippen LogP contribution is 2.17. The molecule has 17 heavy (non-hydrogen) atoms. The fourth-order valence-electron chi connectivity index (χ4n) is 1.52. The standard InChI is InChI=1S/C8H15F3N2.2C2H6/c1-2-12-3-5-13(6-4-12)7-8(9,10)11;2*1-2/h2-7H2,1H3;2*1-2H3. The van der Waals surface area contributed by atoms with Crippen LogP contribution in [0.3, 0.4) is 0 Å². The Bertz CT molecular complexity index is 152. The summed E-state index contributed by atoms with van der Waals surface area (Å²) in [6, 6.07) is 0. The van der Waals surface area contributed by atoms with Crippen LogP contribution in [0.25, 0.3) is 0 Å². The molecule has 106 valence electrons. The molecule has 1 heterocycles. The minimum absolute atomic E-state index is 0.535. The Hall–Kier alpha value is -0.290. The quantitative estimate of drug-likeness (QED) is 0.748. The summed E-state index contributed by atoms with van der Waals surface area (Å²) in [6.45, 7) is 12.8. The first-order valence-corrected chi connectivity index (χ1v) is 6.52. The molecule has 0 N–H and O–H groups in total. The van der Waals surface area contributed by atoms with Crippen LogP contribution in [-0.4, -0.2) is 55.2 Å². The Labute approximate surface area is 104 Å². The number of alkyl halides is 3. The highest BCUT2D eigenvalue weighted by Gasteiger charge is 2.31. The maximum absolute atomic E-state index is 12.0. The van der Waals surface area contributed by atoms with Crippen LogP contribution in [0, 0.1) is 0 Å². The minimum atomic E-state index is -4.05. The van der Waals surface area contributed by atoms with Crippen molar-refractivity contribution in [2.75, 3.05) is 39.3 Å². The Balaban J connectivity index is 0. The molecule has 1 rings (SSSR count). The van der Waals surface area contributed by atoms with Gasteiger partial charge in [0, 0.05) is 26.2 Å². The van der Waals surface area contributed by atoms with Crippen molar-refractivity contribution in [1.29, 1.82) is 0 Å². The Morgan fingerprint density at radius 3 is 1.47 bits per heavy atom. The largest absolute Gasteiger partial charge is 0.401 e. The van der Waals surface area contributed by atoms with Gasteiger partial charge in [-0.3, -0.25) is 4.90 Å². The van der Waals surface area contributed by atoms with Crippen LogP contribution >= 0.6 is 0 Å². The fourth-order valence-corrected chi connectivity index (χ4v) is 1.52. The summed E-state index contributed by atoms with van der Waals surface area (Å²) in [7, 11) is 0. The van der Waals surface area contributed by atoms with E-state index in [0.717, 1.165) is 19.6 Å². The van der Waals surface area contributed by atoms with Gasteiger partial charge in [-0.05, 0) is 6.54 Å². The number of nitrogens with zero attached hydrogens (tertiary/aromatic N) is 2. The molecule has 0 atom stereocenters. The highest BCUT2D eigenvalue weighted by atomic mass is 19.4. The molecule has 0 amide bonds. The maximum Gasteiger partial charge on any atom is 0.401 e. The Morgan fingerprint density at radius 2 is 1.18 bits per heavy atom. The van der Waals surface area contributed by atoms with Gasteiger partial charge in [-0.1, -0.05) is 34.6 Å². The van der Waals surface area contributed by atoms with E-state index < -0.39 is 12.7 Å². The van der Waals surface area contributed by atoms with Gasteiger partial charge < -0.3 is 4.90 Å². The maximum atomic E-state index is 12.0. The molecule has 0 aromatic rings. The number of piperazine rings is 1. The zero-order valence-electron chi connectivity index (χ0n) is 11.8. The third-order valence-corrected chi connectivity index (χ3v) is 2.32. The van der Waals surface area contributed by atoms with Crippen molar-refractivity contribution in [1.82, 2.24) is 9.80 Å². The van der Waals surface area contributed by atoms with Crippen molar-refractivity contribution in [3.63, 3.8) is 0 Å². The van der Waals surface area contributed by atoms with Gasteiger partial charge in [0.15, 0.2) is 0 Å². The lowest BCUT2D eigenvalue weighted by atomic mass is 10.3. The third kappa shape index (κ3) is 10.6. The van der Waals surface area contributed by atoms with E-state index >= 15 is 0 Å². The molecule has 0 spiro atoms. The number of hydrogen-bond acceptors (Lipinski definition) is 2. The van der Waals surface area contributed by atoms with Gasteiger partial charge in [0.05, 0.1) is 6.54 Å². The topological polar surface area (TPSA) is 6.48 Å². The smallest absolute Gasteiger partial charge is 0.301 e. The van der Waals surface area contributed by atoms with E-state index in [4.69, 9.17) is 0 Å². The van der Waals surface area contributed by atoms with Crippen LogP contribution in [0.5, 0.6) is 0 Å². The summed E-state index contributed by atoms with van der Waals surface area (Å²) in [5.41, 5.74) is 0. The summed E-state index contributed by atoms with van der Waals surface area (Å²) in [4.78, 5) is 3.62. The van der Waals surface area contributed by atoms with Crippen molar-refractivity contribution in [2.45, 2.75) is 40.8 Å². The molecule has 0 saturated carbocycles. The average Bonchev–Trinajstić information content (AvgIpc) is 2.33. The zero-order valence-corrected chi connectivity index (χ0v) is 11.8. The summed E-state index contributed by atoms with van der Waals surface area (Å²) in [5, 5.41) is 0. The molecule has 1 aliphatic heterocycles. The predicted octanol–water partition coefficient (Wildman–Crippen LogP) is 3.24. The van der Waals surface area contributed by atoms with E-state index in [1.165, 1.54) is 4.90 Å². The van der Waals surface area contributed by atoms with Gasteiger partial charge in [0.25, 0.3) is 0 Å². The second kappa shape index (κ2) is 10.8. The first-order valence-electron chi connectivity index (χ1n) is 6.52. The second-order valence-corrected chi connectivity index (χ2v) is 3.33. The van der Waals surface area contributed by atoms with E-state index in [2.05, 4.69) is 4.90 Å². The average molecular weight is 256 g/mol. The molecule has 0 unspecified atom stereocenters. The number of likely N-dealkylation sites (N-methyl/N-ethyl adjacent to an activating group) is 1. The van der Waals surface area contributed by atoms with Gasteiger partial charge in [0.1, 0.15) is 0 Å². The van der Waals surface area contributed by atoms with Crippen LogP contribution < -0.4 is 0 Å². The van der Waals surface area contributed by atoms with E-state index in [9.17, 15) is 13.2 Å².